The summed E-state index contributed by atoms with van der Waals surface area (Å²) in [7, 11) is 0. The molecule has 0 aliphatic heterocycles. The van der Waals surface area contributed by atoms with Crippen molar-refractivity contribution in [1.29, 1.82) is 0 Å². The van der Waals surface area contributed by atoms with Crippen molar-refractivity contribution in [3.05, 3.63) is 35.4 Å². The Balaban J connectivity index is 1.76. The molecule has 3 heteroatoms. The van der Waals surface area contributed by atoms with Crippen LogP contribution in [0.3, 0.4) is 0 Å². The van der Waals surface area contributed by atoms with E-state index in [1.807, 2.05) is 0 Å². The van der Waals surface area contributed by atoms with Crippen molar-refractivity contribution in [2.45, 2.75) is 38.1 Å². The van der Waals surface area contributed by atoms with E-state index in [2.05, 4.69) is 29.6 Å². The molecular weight excluding hydrogens is 214 g/mol. The lowest BCUT2D eigenvalue weighted by atomic mass is 9.88. The fraction of sp³-hybridized carbons (Fsp3) is 0.500. The normalized spacial score (nSPS) is 18.7. The van der Waals surface area contributed by atoms with Crippen molar-refractivity contribution < 1.29 is 9.90 Å². The molecule has 2 rings (SSSR count). The minimum atomic E-state index is -0.708. The van der Waals surface area contributed by atoms with E-state index in [1.165, 1.54) is 11.1 Å². The van der Waals surface area contributed by atoms with E-state index < -0.39 is 5.97 Å². The average molecular weight is 233 g/mol. The Morgan fingerprint density at radius 2 is 2.12 bits per heavy atom. The van der Waals surface area contributed by atoms with E-state index in [0.29, 0.717) is 12.5 Å². The lowest BCUT2D eigenvalue weighted by molar-refractivity contribution is -0.137. The predicted molar refractivity (Wildman–Crippen MR) is 67.1 cm³/mol. The maximum absolute atomic E-state index is 10.4. The Morgan fingerprint density at radius 3 is 2.88 bits per heavy atom. The van der Waals surface area contributed by atoms with Gasteiger partial charge in [-0.25, -0.2) is 0 Å². The summed E-state index contributed by atoms with van der Waals surface area (Å²) in [5.74, 6) is -0.708. The van der Waals surface area contributed by atoms with Crippen LogP contribution >= 0.6 is 0 Å². The first-order valence-corrected chi connectivity index (χ1v) is 6.27. The standard InChI is InChI=1S/C14H19NO2/c16-14(17)6-3-9-15-13-8-7-11-4-1-2-5-12(11)10-13/h1-2,4-5,13,15H,3,6-10H2,(H,16,17). The van der Waals surface area contributed by atoms with Crippen molar-refractivity contribution >= 4 is 5.97 Å². The fourth-order valence-electron chi connectivity index (χ4n) is 2.42. The quantitative estimate of drug-likeness (QED) is 0.765. The second kappa shape index (κ2) is 5.82. The van der Waals surface area contributed by atoms with Crippen LogP contribution in [0.5, 0.6) is 0 Å². The third-order valence-electron chi connectivity index (χ3n) is 3.35. The largest absolute Gasteiger partial charge is 0.481 e. The molecule has 1 aliphatic carbocycles. The SMILES string of the molecule is O=C(O)CCCNC1CCc2ccccc2C1. The molecule has 3 nitrogen and oxygen atoms in total. The number of fused-ring (bicyclic) bond motifs is 1. The Kier molecular flexibility index (Phi) is 4.15. The molecule has 0 fully saturated rings. The molecule has 17 heavy (non-hydrogen) atoms. The molecule has 0 bridgehead atoms. The molecule has 0 saturated heterocycles. The maximum atomic E-state index is 10.4. The minimum absolute atomic E-state index is 0.260. The Bertz CT molecular complexity index is 390. The molecule has 1 aromatic carbocycles. The summed E-state index contributed by atoms with van der Waals surface area (Å²) >= 11 is 0. The Hall–Kier alpha value is -1.35. The molecule has 2 N–H and O–H groups in total. The number of aliphatic carboxylic acids is 1. The average Bonchev–Trinajstić information content (AvgIpc) is 2.34. The molecule has 1 aromatic rings. The van der Waals surface area contributed by atoms with Crippen LogP contribution in [0.1, 0.15) is 30.4 Å². The summed E-state index contributed by atoms with van der Waals surface area (Å²) in [4.78, 5) is 10.4. The summed E-state index contributed by atoms with van der Waals surface area (Å²) in [5, 5.41) is 12.0. The number of aryl methyl sites for hydroxylation is 1. The molecule has 92 valence electrons. The summed E-state index contributed by atoms with van der Waals surface area (Å²) in [6.45, 7) is 0.805. The van der Waals surface area contributed by atoms with Crippen LogP contribution < -0.4 is 5.32 Å². The van der Waals surface area contributed by atoms with Gasteiger partial charge in [0.2, 0.25) is 0 Å². The predicted octanol–water partition coefficient (Wildman–Crippen LogP) is 2.00. The Labute approximate surface area is 102 Å². The van der Waals surface area contributed by atoms with Crippen LogP contribution in [0.4, 0.5) is 0 Å². The molecule has 0 amide bonds. The highest BCUT2D eigenvalue weighted by atomic mass is 16.4. The van der Waals surface area contributed by atoms with E-state index in [1.54, 1.807) is 0 Å². The number of hydrogen-bond acceptors (Lipinski definition) is 2. The molecule has 0 aromatic heterocycles. The summed E-state index contributed by atoms with van der Waals surface area (Å²) < 4.78 is 0. The van der Waals surface area contributed by atoms with Gasteiger partial charge in [-0.05, 0) is 43.4 Å². The van der Waals surface area contributed by atoms with Crippen molar-refractivity contribution in [2.24, 2.45) is 0 Å². The van der Waals surface area contributed by atoms with Gasteiger partial charge in [0.05, 0.1) is 0 Å². The number of carboxylic acids is 1. The lowest BCUT2D eigenvalue weighted by Crippen LogP contribution is -2.35. The van der Waals surface area contributed by atoms with Gasteiger partial charge in [0, 0.05) is 12.5 Å². The highest BCUT2D eigenvalue weighted by Gasteiger charge is 2.17. The van der Waals surface area contributed by atoms with Crippen molar-refractivity contribution in [2.75, 3.05) is 6.54 Å². The van der Waals surface area contributed by atoms with E-state index >= 15 is 0 Å². The van der Waals surface area contributed by atoms with Crippen LogP contribution in [-0.2, 0) is 17.6 Å². The Morgan fingerprint density at radius 1 is 1.35 bits per heavy atom. The van der Waals surface area contributed by atoms with Crippen LogP contribution in [0.2, 0.25) is 0 Å². The lowest BCUT2D eigenvalue weighted by Gasteiger charge is -2.25. The van der Waals surface area contributed by atoms with Gasteiger partial charge in [-0.1, -0.05) is 24.3 Å². The van der Waals surface area contributed by atoms with Crippen LogP contribution in [0.25, 0.3) is 0 Å². The number of carbonyl (C=O) groups is 1. The molecular formula is C14H19NO2. The monoisotopic (exact) mass is 233 g/mol. The van der Waals surface area contributed by atoms with Crippen molar-refractivity contribution in [3.8, 4) is 0 Å². The minimum Gasteiger partial charge on any atom is -0.481 e. The number of rotatable bonds is 5. The second-order valence-corrected chi connectivity index (χ2v) is 4.66. The van der Waals surface area contributed by atoms with Gasteiger partial charge >= 0.3 is 5.97 Å². The summed E-state index contributed by atoms with van der Waals surface area (Å²) in [6.07, 6.45) is 4.34. The van der Waals surface area contributed by atoms with Gasteiger partial charge in [-0.3, -0.25) is 4.79 Å². The first-order valence-electron chi connectivity index (χ1n) is 6.27. The van der Waals surface area contributed by atoms with Crippen molar-refractivity contribution in [3.63, 3.8) is 0 Å². The van der Waals surface area contributed by atoms with Crippen molar-refractivity contribution in [1.82, 2.24) is 5.32 Å². The molecule has 0 radical (unpaired) electrons. The molecule has 0 spiro atoms. The third-order valence-corrected chi connectivity index (χ3v) is 3.35. The van der Waals surface area contributed by atoms with Crippen LogP contribution in [-0.4, -0.2) is 23.7 Å². The zero-order valence-electron chi connectivity index (χ0n) is 9.98. The van der Waals surface area contributed by atoms with E-state index in [4.69, 9.17) is 5.11 Å². The summed E-state index contributed by atoms with van der Waals surface area (Å²) in [6, 6.07) is 9.10. The van der Waals surface area contributed by atoms with Gasteiger partial charge in [0.25, 0.3) is 0 Å². The van der Waals surface area contributed by atoms with E-state index in [9.17, 15) is 4.79 Å². The smallest absolute Gasteiger partial charge is 0.303 e. The number of benzene rings is 1. The van der Waals surface area contributed by atoms with Gasteiger partial charge in [0.15, 0.2) is 0 Å². The third kappa shape index (κ3) is 3.56. The molecule has 1 unspecified atom stereocenters. The van der Waals surface area contributed by atoms with E-state index in [-0.39, 0.29) is 6.42 Å². The topological polar surface area (TPSA) is 49.3 Å². The highest BCUT2D eigenvalue weighted by Crippen LogP contribution is 2.20. The maximum Gasteiger partial charge on any atom is 0.303 e. The van der Waals surface area contributed by atoms with Gasteiger partial charge in [-0.15, -0.1) is 0 Å². The van der Waals surface area contributed by atoms with E-state index in [0.717, 1.165) is 25.8 Å². The number of carboxylic acid groups (broad SMARTS) is 1. The molecule has 0 heterocycles. The molecule has 0 saturated carbocycles. The number of nitrogens with one attached hydrogen (secondary N) is 1. The van der Waals surface area contributed by atoms with Gasteiger partial charge in [0.1, 0.15) is 0 Å². The fourth-order valence-corrected chi connectivity index (χ4v) is 2.42. The second-order valence-electron chi connectivity index (χ2n) is 4.66. The van der Waals surface area contributed by atoms with Gasteiger partial charge < -0.3 is 10.4 Å². The van der Waals surface area contributed by atoms with Crippen LogP contribution in [0, 0.1) is 0 Å². The first-order chi connectivity index (χ1) is 8.25. The van der Waals surface area contributed by atoms with Gasteiger partial charge in [-0.2, -0.15) is 0 Å². The highest BCUT2D eigenvalue weighted by molar-refractivity contribution is 5.66. The summed E-state index contributed by atoms with van der Waals surface area (Å²) in [5.41, 5.74) is 2.91. The number of hydrogen-bond donors (Lipinski definition) is 2. The first kappa shape index (κ1) is 12.1. The zero-order valence-corrected chi connectivity index (χ0v) is 9.98. The van der Waals surface area contributed by atoms with Crippen LogP contribution in [0.15, 0.2) is 24.3 Å². The zero-order chi connectivity index (χ0) is 12.1. The molecule has 1 aliphatic rings. The molecule has 1 atom stereocenters.